The van der Waals surface area contributed by atoms with Crippen LogP contribution >= 0.6 is 34.8 Å². The molecule has 0 spiro atoms. The second kappa shape index (κ2) is 8.46. The SMILES string of the molecule is C[C@H](NS(=O)(=O)c1cc(Cl)ccc1Cl)C(=O)Nc1ccc(Cl)cc1C(F)(F)F. The van der Waals surface area contributed by atoms with Crippen molar-refractivity contribution in [2.75, 3.05) is 5.32 Å². The predicted molar refractivity (Wildman–Crippen MR) is 101 cm³/mol. The Hall–Kier alpha value is -1.52. The van der Waals surface area contributed by atoms with Gasteiger partial charge in [-0.05, 0) is 43.3 Å². The number of halogens is 6. The maximum absolute atomic E-state index is 13.1. The lowest BCUT2D eigenvalue weighted by molar-refractivity contribution is -0.137. The van der Waals surface area contributed by atoms with Gasteiger partial charge in [0.05, 0.1) is 22.3 Å². The van der Waals surface area contributed by atoms with Crippen LogP contribution in [0.2, 0.25) is 15.1 Å². The van der Waals surface area contributed by atoms with Crippen molar-refractivity contribution in [1.82, 2.24) is 4.72 Å². The molecule has 0 saturated carbocycles. The normalized spacial score (nSPS) is 13.2. The van der Waals surface area contributed by atoms with E-state index in [-0.39, 0.29) is 20.0 Å². The second-order valence-electron chi connectivity index (χ2n) is 5.59. The zero-order valence-electron chi connectivity index (χ0n) is 13.9. The lowest BCUT2D eigenvalue weighted by atomic mass is 10.1. The fourth-order valence-electron chi connectivity index (χ4n) is 2.13. The number of anilines is 1. The van der Waals surface area contributed by atoms with Crippen LogP contribution in [0.1, 0.15) is 12.5 Å². The van der Waals surface area contributed by atoms with E-state index in [1.54, 1.807) is 0 Å². The van der Waals surface area contributed by atoms with E-state index in [0.29, 0.717) is 6.07 Å². The smallest absolute Gasteiger partial charge is 0.324 e. The number of carbonyl (C=O) groups is 1. The first-order chi connectivity index (χ1) is 12.8. The van der Waals surface area contributed by atoms with E-state index in [4.69, 9.17) is 34.8 Å². The van der Waals surface area contributed by atoms with Crippen molar-refractivity contribution in [3.05, 3.63) is 57.0 Å². The quantitative estimate of drug-likeness (QED) is 0.641. The van der Waals surface area contributed by atoms with Gasteiger partial charge in [0, 0.05) is 10.0 Å². The molecule has 0 saturated heterocycles. The number of hydrogen-bond acceptors (Lipinski definition) is 3. The minimum absolute atomic E-state index is 0.0952. The van der Waals surface area contributed by atoms with E-state index in [0.717, 1.165) is 25.1 Å². The predicted octanol–water partition coefficient (Wildman–Crippen LogP) is 4.97. The highest BCUT2D eigenvalue weighted by atomic mass is 35.5. The zero-order valence-corrected chi connectivity index (χ0v) is 17.0. The molecule has 2 aromatic carbocycles. The van der Waals surface area contributed by atoms with Crippen LogP contribution in [0.4, 0.5) is 18.9 Å². The van der Waals surface area contributed by atoms with E-state index in [2.05, 4.69) is 0 Å². The Kier molecular flexibility index (Phi) is 6.88. The van der Waals surface area contributed by atoms with Crippen molar-refractivity contribution < 1.29 is 26.4 Å². The summed E-state index contributed by atoms with van der Waals surface area (Å²) in [5.74, 6) is -1.02. The highest BCUT2D eigenvalue weighted by Gasteiger charge is 2.35. The third kappa shape index (κ3) is 5.51. The summed E-state index contributed by atoms with van der Waals surface area (Å²) in [6, 6.07) is 5.07. The second-order valence-corrected chi connectivity index (χ2v) is 8.56. The van der Waals surface area contributed by atoms with Crippen molar-refractivity contribution >= 4 is 56.4 Å². The number of alkyl halides is 3. The number of carbonyl (C=O) groups excluding carboxylic acids is 1. The van der Waals surface area contributed by atoms with Crippen LogP contribution in [-0.2, 0) is 21.0 Å². The number of hydrogen-bond donors (Lipinski definition) is 2. The first kappa shape index (κ1) is 22.8. The van der Waals surface area contributed by atoms with Gasteiger partial charge in [-0.25, -0.2) is 8.42 Å². The van der Waals surface area contributed by atoms with Crippen molar-refractivity contribution in [1.29, 1.82) is 0 Å². The molecule has 2 N–H and O–H groups in total. The molecule has 2 rings (SSSR count). The van der Waals surface area contributed by atoms with Gasteiger partial charge in [-0.2, -0.15) is 17.9 Å². The first-order valence-electron chi connectivity index (χ1n) is 7.46. The van der Waals surface area contributed by atoms with Crippen molar-refractivity contribution in [2.45, 2.75) is 24.0 Å². The molecular weight excluding hydrogens is 464 g/mol. The lowest BCUT2D eigenvalue weighted by Gasteiger charge is -2.18. The summed E-state index contributed by atoms with van der Waals surface area (Å²) in [5.41, 5.74) is -1.73. The Morgan fingerprint density at radius 2 is 1.61 bits per heavy atom. The largest absolute Gasteiger partial charge is 0.418 e. The van der Waals surface area contributed by atoms with Crippen LogP contribution in [0, 0.1) is 0 Å². The topological polar surface area (TPSA) is 75.3 Å². The zero-order chi connectivity index (χ0) is 21.3. The van der Waals surface area contributed by atoms with Crippen molar-refractivity contribution in [3.8, 4) is 0 Å². The fourth-order valence-corrected chi connectivity index (χ4v) is 4.27. The van der Waals surface area contributed by atoms with Gasteiger partial charge in [0.1, 0.15) is 4.90 Å². The molecule has 0 aliphatic heterocycles. The summed E-state index contributed by atoms with van der Waals surface area (Å²) in [7, 11) is -4.27. The molecule has 0 aliphatic rings. The van der Waals surface area contributed by atoms with Gasteiger partial charge in [-0.1, -0.05) is 34.8 Å². The van der Waals surface area contributed by atoms with Crippen LogP contribution in [0.5, 0.6) is 0 Å². The summed E-state index contributed by atoms with van der Waals surface area (Å²) >= 11 is 17.2. The molecule has 0 bridgehead atoms. The third-order valence-corrected chi connectivity index (χ3v) is 5.95. The molecule has 0 aromatic heterocycles. The van der Waals surface area contributed by atoms with E-state index < -0.39 is 39.4 Å². The van der Waals surface area contributed by atoms with E-state index >= 15 is 0 Å². The molecule has 0 unspecified atom stereocenters. The molecular formula is C16H12Cl3F3N2O3S. The minimum atomic E-state index is -4.77. The summed E-state index contributed by atoms with van der Waals surface area (Å²) in [6.45, 7) is 1.16. The average Bonchev–Trinajstić information content (AvgIpc) is 2.57. The molecule has 2 aromatic rings. The third-order valence-electron chi connectivity index (χ3n) is 3.45. The van der Waals surface area contributed by atoms with Crippen LogP contribution in [0.15, 0.2) is 41.3 Å². The molecule has 0 heterocycles. The van der Waals surface area contributed by atoms with Gasteiger partial charge >= 0.3 is 6.18 Å². The summed E-state index contributed by atoms with van der Waals surface area (Å²) in [4.78, 5) is 11.9. The molecule has 1 atom stereocenters. The van der Waals surface area contributed by atoms with Crippen LogP contribution < -0.4 is 10.0 Å². The van der Waals surface area contributed by atoms with Gasteiger partial charge in [-0.15, -0.1) is 0 Å². The van der Waals surface area contributed by atoms with Gasteiger partial charge in [0.15, 0.2) is 0 Å². The summed E-state index contributed by atoms with van der Waals surface area (Å²) in [5, 5.41) is 1.83. The number of sulfonamides is 1. The van der Waals surface area contributed by atoms with E-state index in [1.165, 1.54) is 12.1 Å². The Labute approximate surface area is 173 Å². The molecule has 152 valence electrons. The number of nitrogens with one attached hydrogen (secondary N) is 2. The molecule has 0 radical (unpaired) electrons. The van der Waals surface area contributed by atoms with Crippen LogP contribution in [0.25, 0.3) is 0 Å². The van der Waals surface area contributed by atoms with E-state index in [9.17, 15) is 26.4 Å². The Morgan fingerprint density at radius 1 is 1.04 bits per heavy atom. The number of rotatable bonds is 5. The van der Waals surface area contributed by atoms with Gasteiger partial charge < -0.3 is 5.32 Å². The molecule has 5 nitrogen and oxygen atoms in total. The van der Waals surface area contributed by atoms with Gasteiger partial charge in [0.25, 0.3) is 0 Å². The van der Waals surface area contributed by atoms with Gasteiger partial charge in [0.2, 0.25) is 15.9 Å². The molecule has 12 heteroatoms. The monoisotopic (exact) mass is 474 g/mol. The number of amides is 1. The minimum Gasteiger partial charge on any atom is -0.324 e. The Balaban J connectivity index is 2.23. The van der Waals surface area contributed by atoms with Crippen LogP contribution in [0.3, 0.4) is 0 Å². The van der Waals surface area contributed by atoms with E-state index in [1.807, 2.05) is 10.0 Å². The molecule has 0 fully saturated rings. The van der Waals surface area contributed by atoms with Crippen molar-refractivity contribution in [3.63, 3.8) is 0 Å². The van der Waals surface area contributed by atoms with Gasteiger partial charge in [-0.3, -0.25) is 4.79 Å². The Bertz CT molecular complexity index is 1010. The lowest BCUT2D eigenvalue weighted by Crippen LogP contribution is -2.41. The molecule has 28 heavy (non-hydrogen) atoms. The maximum atomic E-state index is 13.1. The highest BCUT2D eigenvalue weighted by molar-refractivity contribution is 7.89. The van der Waals surface area contributed by atoms with Crippen molar-refractivity contribution in [2.24, 2.45) is 0 Å². The average molecular weight is 476 g/mol. The Morgan fingerprint density at radius 3 is 2.21 bits per heavy atom. The molecule has 1 amide bonds. The first-order valence-corrected chi connectivity index (χ1v) is 10.1. The standard InChI is InChI=1S/C16H12Cl3F3N2O3S/c1-8(24-28(26,27)14-7-10(18)2-4-12(14)19)15(25)23-13-5-3-9(17)6-11(13)16(20,21)22/h2-8,24H,1H3,(H,23,25)/t8-/m0/s1. The fraction of sp³-hybridized carbons (Fsp3) is 0.188. The highest BCUT2D eigenvalue weighted by Crippen LogP contribution is 2.36. The maximum Gasteiger partial charge on any atom is 0.418 e. The summed E-state index contributed by atoms with van der Waals surface area (Å²) in [6.07, 6.45) is -4.77. The molecule has 0 aliphatic carbocycles. The summed E-state index contributed by atoms with van der Waals surface area (Å²) < 4.78 is 66.2. The van der Waals surface area contributed by atoms with Crippen LogP contribution in [-0.4, -0.2) is 20.4 Å². The number of benzene rings is 2.